The number of carbonyl (C=O) groups excluding carboxylic acids is 2. The quantitative estimate of drug-likeness (QED) is 0.434. The summed E-state index contributed by atoms with van der Waals surface area (Å²) >= 11 is 6.15. The van der Waals surface area contributed by atoms with E-state index in [2.05, 4.69) is 17.1 Å². The molecule has 1 fully saturated rings. The van der Waals surface area contributed by atoms with Gasteiger partial charge in [0.2, 0.25) is 0 Å². The fraction of sp³-hybridized carbons (Fsp3) is 0.310. The lowest BCUT2D eigenvalue weighted by molar-refractivity contribution is -0.139. The first kappa shape index (κ1) is 27.5. The Kier molecular flexibility index (Phi) is 8.97. The van der Waals surface area contributed by atoms with Crippen LogP contribution in [0.25, 0.3) is 0 Å². The molecule has 0 aromatic heterocycles. The van der Waals surface area contributed by atoms with E-state index < -0.39 is 11.7 Å². The number of benzene rings is 3. The van der Waals surface area contributed by atoms with Crippen molar-refractivity contribution in [3.8, 4) is 5.75 Å². The maximum Gasteiger partial charge on any atom is 0.260 e. The van der Waals surface area contributed by atoms with Gasteiger partial charge in [0.25, 0.3) is 11.8 Å². The van der Waals surface area contributed by atoms with Crippen LogP contribution in [0.2, 0.25) is 5.02 Å². The third-order valence-electron chi connectivity index (χ3n) is 6.63. The van der Waals surface area contributed by atoms with Crippen LogP contribution in [0.1, 0.15) is 35.3 Å². The smallest absolute Gasteiger partial charge is 0.260 e. The minimum Gasteiger partial charge on any atom is -0.483 e. The topological polar surface area (TPSA) is 61.9 Å². The zero-order valence-corrected chi connectivity index (χ0v) is 22.1. The number of hydrogen-bond donors (Lipinski definition) is 1. The first-order valence-electron chi connectivity index (χ1n) is 12.4. The summed E-state index contributed by atoms with van der Waals surface area (Å²) in [5.74, 6) is -0.910. The van der Waals surface area contributed by atoms with Crippen molar-refractivity contribution in [2.24, 2.45) is 0 Å². The molecule has 3 aromatic carbocycles. The van der Waals surface area contributed by atoms with Crippen molar-refractivity contribution in [3.05, 3.63) is 100 Å². The van der Waals surface area contributed by atoms with Crippen LogP contribution in [-0.2, 0) is 17.9 Å². The third-order valence-corrected chi connectivity index (χ3v) is 6.87. The van der Waals surface area contributed by atoms with Gasteiger partial charge in [-0.1, -0.05) is 29.8 Å². The van der Waals surface area contributed by atoms with Crippen LogP contribution in [-0.4, -0.2) is 53.4 Å². The van der Waals surface area contributed by atoms with Gasteiger partial charge >= 0.3 is 0 Å². The van der Waals surface area contributed by atoms with Crippen LogP contribution < -0.4 is 10.1 Å². The fourth-order valence-electron chi connectivity index (χ4n) is 4.55. The van der Waals surface area contributed by atoms with E-state index in [1.807, 2.05) is 11.8 Å². The SMILES string of the molecule is CC1CN(C(=O)COc2ccc(Cl)cc2CNC(=O)c2cccc(F)c2)C(C)CN1Cc1ccc(F)cc1. The normalized spacial score (nSPS) is 17.8. The highest BCUT2D eigenvalue weighted by Gasteiger charge is 2.32. The van der Waals surface area contributed by atoms with Crippen LogP contribution in [0.15, 0.2) is 66.7 Å². The number of piperazine rings is 1. The molecule has 200 valence electrons. The van der Waals surface area contributed by atoms with Gasteiger partial charge in [0.15, 0.2) is 6.61 Å². The number of halogens is 3. The van der Waals surface area contributed by atoms with Crippen molar-refractivity contribution in [2.75, 3.05) is 19.7 Å². The lowest BCUT2D eigenvalue weighted by Crippen LogP contribution is -2.58. The Bertz CT molecular complexity index is 1290. The van der Waals surface area contributed by atoms with E-state index in [0.717, 1.165) is 11.6 Å². The van der Waals surface area contributed by atoms with Gasteiger partial charge in [-0.05, 0) is 67.9 Å². The molecule has 0 aliphatic carbocycles. The van der Waals surface area contributed by atoms with Gasteiger partial charge in [-0.25, -0.2) is 8.78 Å². The van der Waals surface area contributed by atoms with Gasteiger partial charge in [-0.3, -0.25) is 14.5 Å². The van der Waals surface area contributed by atoms with Gasteiger partial charge in [0.1, 0.15) is 17.4 Å². The molecule has 1 aliphatic heterocycles. The second-order valence-corrected chi connectivity index (χ2v) is 9.97. The molecule has 0 spiro atoms. The van der Waals surface area contributed by atoms with Gasteiger partial charge in [0.05, 0.1) is 0 Å². The molecule has 4 rings (SSSR count). The lowest BCUT2D eigenvalue weighted by Gasteiger charge is -2.44. The Morgan fingerprint density at radius 1 is 0.974 bits per heavy atom. The van der Waals surface area contributed by atoms with E-state index in [-0.39, 0.29) is 42.5 Å². The minimum absolute atomic E-state index is 0.0296. The van der Waals surface area contributed by atoms with Gasteiger partial charge < -0.3 is 15.0 Å². The van der Waals surface area contributed by atoms with Gasteiger partial charge in [0, 0.05) is 54.4 Å². The predicted octanol–water partition coefficient (Wildman–Crippen LogP) is 5.05. The molecule has 1 N–H and O–H groups in total. The summed E-state index contributed by atoms with van der Waals surface area (Å²) in [6, 6.07) is 16.9. The molecule has 1 aliphatic rings. The summed E-state index contributed by atoms with van der Waals surface area (Å²) in [5, 5.41) is 3.19. The van der Waals surface area contributed by atoms with E-state index in [1.54, 1.807) is 30.3 Å². The summed E-state index contributed by atoms with van der Waals surface area (Å²) in [4.78, 5) is 29.6. The average molecular weight is 542 g/mol. The Hall–Kier alpha value is -3.49. The summed E-state index contributed by atoms with van der Waals surface area (Å²) < 4.78 is 32.6. The van der Waals surface area contributed by atoms with E-state index in [9.17, 15) is 18.4 Å². The monoisotopic (exact) mass is 541 g/mol. The first-order chi connectivity index (χ1) is 18.2. The molecule has 6 nitrogen and oxygen atoms in total. The average Bonchev–Trinajstić information content (AvgIpc) is 2.89. The van der Waals surface area contributed by atoms with E-state index in [4.69, 9.17) is 16.3 Å². The summed E-state index contributed by atoms with van der Waals surface area (Å²) in [5.41, 5.74) is 1.82. The Morgan fingerprint density at radius 3 is 2.47 bits per heavy atom. The molecule has 38 heavy (non-hydrogen) atoms. The molecule has 0 bridgehead atoms. The van der Waals surface area contributed by atoms with E-state index >= 15 is 0 Å². The number of carbonyl (C=O) groups is 2. The molecular weight excluding hydrogens is 512 g/mol. The standard InChI is InChI=1S/C29H30ClF2N3O3/c1-19-16-35(20(2)15-34(19)17-21-6-9-25(31)10-7-21)28(36)18-38-27-11-8-24(30)12-23(27)14-33-29(37)22-4-3-5-26(32)13-22/h3-13,19-20H,14-18H2,1-2H3,(H,33,37). The van der Waals surface area contributed by atoms with Crippen LogP contribution >= 0.6 is 11.6 Å². The molecule has 1 heterocycles. The number of hydrogen-bond acceptors (Lipinski definition) is 4. The summed E-state index contributed by atoms with van der Waals surface area (Å²) in [6.07, 6.45) is 0. The number of rotatable bonds is 8. The van der Waals surface area contributed by atoms with E-state index in [1.165, 1.54) is 30.3 Å². The maximum absolute atomic E-state index is 13.5. The van der Waals surface area contributed by atoms with Crippen molar-refractivity contribution >= 4 is 23.4 Å². The highest BCUT2D eigenvalue weighted by molar-refractivity contribution is 6.30. The molecule has 1 saturated heterocycles. The maximum atomic E-state index is 13.5. The molecular formula is C29H30ClF2N3O3. The first-order valence-corrected chi connectivity index (χ1v) is 12.8. The van der Waals surface area contributed by atoms with Crippen molar-refractivity contribution in [3.63, 3.8) is 0 Å². The molecule has 9 heteroatoms. The second-order valence-electron chi connectivity index (χ2n) is 9.53. The second kappa shape index (κ2) is 12.4. The van der Waals surface area contributed by atoms with Gasteiger partial charge in [-0.15, -0.1) is 0 Å². The van der Waals surface area contributed by atoms with Crippen molar-refractivity contribution in [2.45, 2.75) is 39.0 Å². The van der Waals surface area contributed by atoms with Crippen molar-refractivity contribution < 1.29 is 23.1 Å². The number of nitrogens with one attached hydrogen (secondary N) is 1. The fourth-order valence-corrected chi connectivity index (χ4v) is 4.74. The van der Waals surface area contributed by atoms with Crippen LogP contribution in [0.4, 0.5) is 8.78 Å². The number of nitrogens with zero attached hydrogens (tertiary/aromatic N) is 2. The zero-order valence-electron chi connectivity index (χ0n) is 21.3. The van der Waals surface area contributed by atoms with Crippen LogP contribution in [0.3, 0.4) is 0 Å². The number of ether oxygens (including phenoxy) is 1. The van der Waals surface area contributed by atoms with Crippen molar-refractivity contribution in [1.29, 1.82) is 0 Å². The molecule has 2 atom stereocenters. The molecule has 3 aromatic rings. The summed E-state index contributed by atoms with van der Waals surface area (Å²) in [7, 11) is 0. The van der Waals surface area contributed by atoms with Crippen LogP contribution in [0, 0.1) is 11.6 Å². The zero-order chi connectivity index (χ0) is 27.2. The third kappa shape index (κ3) is 7.08. The lowest BCUT2D eigenvalue weighted by atomic mass is 10.1. The van der Waals surface area contributed by atoms with Crippen molar-refractivity contribution in [1.82, 2.24) is 15.1 Å². The molecule has 0 radical (unpaired) electrons. The highest BCUT2D eigenvalue weighted by atomic mass is 35.5. The highest BCUT2D eigenvalue weighted by Crippen LogP contribution is 2.24. The minimum atomic E-state index is -0.497. The summed E-state index contributed by atoms with van der Waals surface area (Å²) in [6.45, 7) is 5.90. The van der Waals surface area contributed by atoms with E-state index in [0.29, 0.717) is 36.0 Å². The Labute approximate surface area is 226 Å². The number of amides is 2. The Balaban J connectivity index is 1.34. The molecule has 2 unspecified atom stereocenters. The van der Waals surface area contributed by atoms with Gasteiger partial charge in [-0.2, -0.15) is 0 Å². The largest absolute Gasteiger partial charge is 0.483 e. The predicted molar refractivity (Wildman–Crippen MR) is 142 cm³/mol. The Morgan fingerprint density at radius 2 is 1.74 bits per heavy atom. The molecule has 0 saturated carbocycles. The molecule has 2 amide bonds. The van der Waals surface area contributed by atoms with Crippen LogP contribution in [0.5, 0.6) is 5.75 Å².